The molecule has 0 aromatic carbocycles. The van der Waals surface area contributed by atoms with Gasteiger partial charge in [-0.3, -0.25) is 0 Å². The summed E-state index contributed by atoms with van der Waals surface area (Å²) in [4.78, 5) is 0. The minimum Gasteiger partial charge on any atom is -0.396 e. The quantitative estimate of drug-likeness (QED) is 0.628. The summed E-state index contributed by atoms with van der Waals surface area (Å²) in [5.74, 6) is 0.304. The highest BCUT2D eigenvalue weighted by molar-refractivity contribution is 5.16. The number of nitrogens with one attached hydrogen (secondary N) is 1. The molecule has 0 radical (unpaired) electrons. The van der Waals surface area contributed by atoms with Crippen LogP contribution in [0.15, 0.2) is 0 Å². The first kappa shape index (κ1) is 10.1. The van der Waals surface area contributed by atoms with Crippen molar-refractivity contribution in [3.8, 4) is 0 Å². The number of hydrogen-bond acceptors (Lipinski definition) is 4. The van der Waals surface area contributed by atoms with Crippen molar-refractivity contribution in [3.63, 3.8) is 0 Å². The topological polar surface area (TPSA) is 87.8 Å². The molecule has 1 atom stereocenters. The maximum atomic E-state index is 8.73. The third-order valence-corrected chi connectivity index (χ3v) is 1.94. The van der Waals surface area contributed by atoms with Crippen LogP contribution in [0, 0.1) is 0 Å². The van der Waals surface area contributed by atoms with Gasteiger partial charge in [0.25, 0.3) is 0 Å². The number of aromatic amines is 1. The van der Waals surface area contributed by atoms with Gasteiger partial charge < -0.3 is 10.8 Å². The smallest absolute Gasteiger partial charge is 0.103 e. The third kappa shape index (κ3) is 2.26. The van der Waals surface area contributed by atoms with Crippen LogP contribution in [0.5, 0.6) is 0 Å². The second-order valence-electron chi connectivity index (χ2n) is 3.37. The second-order valence-corrected chi connectivity index (χ2v) is 3.37. The SMILES string of the molecule is CC(C)c1n[nH]nc1C(N)CCO. The first-order chi connectivity index (χ1) is 6.16. The summed E-state index contributed by atoms with van der Waals surface area (Å²) in [6.45, 7) is 4.14. The molecule has 0 saturated carbocycles. The molecular weight excluding hydrogens is 168 g/mol. The zero-order chi connectivity index (χ0) is 9.84. The van der Waals surface area contributed by atoms with Crippen molar-refractivity contribution in [3.05, 3.63) is 11.4 Å². The van der Waals surface area contributed by atoms with Crippen LogP contribution in [0.1, 0.15) is 43.6 Å². The van der Waals surface area contributed by atoms with Gasteiger partial charge in [-0.25, -0.2) is 0 Å². The zero-order valence-corrected chi connectivity index (χ0v) is 7.99. The normalized spacial score (nSPS) is 13.6. The van der Waals surface area contributed by atoms with Crippen molar-refractivity contribution in [2.24, 2.45) is 5.73 Å². The molecule has 1 aromatic heterocycles. The Morgan fingerprint density at radius 2 is 2.00 bits per heavy atom. The number of aliphatic hydroxyl groups is 1. The Morgan fingerprint density at radius 1 is 1.38 bits per heavy atom. The molecule has 0 fully saturated rings. The van der Waals surface area contributed by atoms with Crippen LogP contribution in [0.3, 0.4) is 0 Å². The Kier molecular flexibility index (Phi) is 3.39. The molecule has 0 saturated heterocycles. The fraction of sp³-hybridized carbons (Fsp3) is 0.750. The molecule has 1 rings (SSSR count). The Balaban J connectivity index is 2.80. The number of aromatic nitrogens is 3. The van der Waals surface area contributed by atoms with E-state index in [9.17, 15) is 0 Å². The number of nitrogens with two attached hydrogens (primary N) is 1. The predicted molar refractivity (Wildman–Crippen MR) is 49.1 cm³/mol. The summed E-state index contributed by atoms with van der Waals surface area (Å²) < 4.78 is 0. The molecule has 1 heterocycles. The van der Waals surface area contributed by atoms with Crippen LogP contribution in [0.25, 0.3) is 0 Å². The molecule has 0 amide bonds. The van der Waals surface area contributed by atoms with Gasteiger partial charge in [0, 0.05) is 6.61 Å². The molecule has 0 bridgehead atoms. The van der Waals surface area contributed by atoms with Gasteiger partial charge in [-0.2, -0.15) is 15.4 Å². The van der Waals surface area contributed by atoms with E-state index >= 15 is 0 Å². The van der Waals surface area contributed by atoms with Crippen molar-refractivity contribution in [2.45, 2.75) is 32.2 Å². The molecule has 74 valence electrons. The Morgan fingerprint density at radius 3 is 2.54 bits per heavy atom. The van der Waals surface area contributed by atoms with Gasteiger partial charge in [-0.05, 0) is 12.3 Å². The average Bonchev–Trinajstić information content (AvgIpc) is 2.52. The summed E-state index contributed by atoms with van der Waals surface area (Å²) >= 11 is 0. The van der Waals surface area contributed by atoms with E-state index in [2.05, 4.69) is 15.4 Å². The monoisotopic (exact) mass is 184 g/mol. The number of hydrogen-bond donors (Lipinski definition) is 3. The molecule has 0 aliphatic carbocycles. The largest absolute Gasteiger partial charge is 0.396 e. The van der Waals surface area contributed by atoms with E-state index in [-0.39, 0.29) is 12.6 Å². The van der Waals surface area contributed by atoms with Crippen molar-refractivity contribution in [1.82, 2.24) is 15.4 Å². The van der Waals surface area contributed by atoms with Gasteiger partial charge in [0.2, 0.25) is 0 Å². The van der Waals surface area contributed by atoms with Gasteiger partial charge in [-0.15, -0.1) is 0 Å². The van der Waals surface area contributed by atoms with Gasteiger partial charge in [-0.1, -0.05) is 13.8 Å². The van der Waals surface area contributed by atoms with Crippen LogP contribution in [0.4, 0.5) is 0 Å². The lowest BCUT2D eigenvalue weighted by molar-refractivity contribution is 0.275. The molecular formula is C8H16N4O. The van der Waals surface area contributed by atoms with Gasteiger partial charge in [0.1, 0.15) is 5.69 Å². The van der Waals surface area contributed by atoms with Crippen molar-refractivity contribution in [1.29, 1.82) is 0 Å². The average molecular weight is 184 g/mol. The molecule has 13 heavy (non-hydrogen) atoms. The van der Waals surface area contributed by atoms with Crippen LogP contribution < -0.4 is 5.73 Å². The summed E-state index contributed by atoms with van der Waals surface area (Å²) in [7, 11) is 0. The van der Waals surface area contributed by atoms with E-state index in [0.717, 1.165) is 11.4 Å². The van der Waals surface area contributed by atoms with E-state index in [0.29, 0.717) is 12.3 Å². The van der Waals surface area contributed by atoms with Crippen molar-refractivity contribution >= 4 is 0 Å². The minimum absolute atomic E-state index is 0.0750. The van der Waals surface area contributed by atoms with Crippen LogP contribution in [-0.4, -0.2) is 27.1 Å². The summed E-state index contributed by atoms with van der Waals surface area (Å²) in [6.07, 6.45) is 0.520. The summed E-state index contributed by atoms with van der Waals surface area (Å²) in [6, 6.07) is -0.221. The molecule has 4 N–H and O–H groups in total. The second kappa shape index (κ2) is 4.34. The third-order valence-electron chi connectivity index (χ3n) is 1.94. The number of rotatable bonds is 4. The van der Waals surface area contributed by atoms with Crippen molar-refractivity contribution < 1.29 is 5.11 Å². The Hall–Kier alpha value is -0.940. The molecule has 0 spiro atoms. The standard InChI is InChI=1S/C8H16N4O/c1-5(2)7-8(11-12-10-7)6(9)3-4-13/h5-6,13H,3-4,9H2,1-2H3,(H,10,11,12). The Labute approximate surface area is 77.3 Å². The highest BCUT2D eigenvalue weighted by Crippen LogP contribution is 2.20. The lowest BCUT2D eigenvalue weighted by Gasteiger charge is -2.09. The van der Waals surface area contributed by atoms with Crippen LogP contribution in [0.2, 0.25) is 0 Å². The number of nitrogens with zero attached hydrogens (tertiary/aromatic N) is 2. The maximum absolute atomic E-state index is 8.73. The lowest BCUT2D eigenvalue weighted by atomic mass is 10.0. The predicted octanol–water partition coefficient (Wildman–Crippen LogP) is 0.310. The van der Waals surface area contributed by atoms with E-state index < -0.39 is 0 Å². The first-order valence-electron chi connectivity index (χ1n) is 4.43. The van der Waals surface area contributed by atoms with E-state index in [4.69, 9.17) is 10.8 Å². The lowest BCUT2D eigenvalue weighted by Crippen LogP contribution is -2.14. The van der Waals surface area contributed by atoms with Crippen LogP contribution >= 0.6 is 0 Å². The maximum Gasteiger partial charge on any atom is 0.103 e. The minimum atomic E-state index is -0.221. The highest BCUT2D eigenvalue weighted by Gasteiger charge is 2.17. The molecule has 0 aliphatic rings. The zero-order valence-electron chi connectivity index (χ0n) is 7.99. The summed E-state index contributed by atoms with van der Waals surface area (Å²) in [5.41, 5.74) is 7.46. The highest BCUT2D eigenvalue weighted by atomic mass is 16.3. The van der Waals surface area contributed by atoms with Gasteiger partial charge >= 0.3 is 0 Å². The molecule has 1 unspecified atom stereocenters. The summed E-state index contributed by atoms with van der Waals surface area (Å²) in [5, 5.41) is 19.3. The van der Waals surface area contributed by atoms with E-state index in [1.165, 1.54) is 0 Å². The molecule has 1 aromatic rings. The van der Waals surface area contributed by atoms with Gasteiger partial charge in [0.05, 0.1) is 11.7 Å². The molecule has 5 heteroatoms. The fourth-order valence-electron chi connectivity index (χ4n) is 1.22. The Bertz CT molecular complexity index is 258. The number of aliphatic hydroxyl groups excluding tert-OH is 1. The first-order valence-corrected chi connectivity index (χ1v) is 4.43. The molecule has 5 nitrogen and oxygen atoms in total. The van der Waals surface area contributed by atoms with E-state index in [1.54, 1.807) is 0 Å². The fourth-order valence-corrected chi connectivity index (χ4v) is 1.22. The van der Waals surface area contributed by atoms with E-state index in [1.807, 2.05) is 13.8 Å². The van der Waals surface area contributed by atoms with Crippen LogP contribution in [-0.2, 0) is 0 Å². The van der Waals surface area contributed by atoms with Gasteiger partial charge in [0.15, 0.2) is 0 Å². The van der Waals surface area contributed by atoms with Crippen molar-refractivity contribution in [2.75, 3.05) is 6.61 Å². The molecule has 0 aliphatic heterocycles. The number of H-pyrrole nitrogens is 1.